The Morgan fingerprint density at radius 2 is 1.17 bits per heavy atom. The first kappa shape index (κ1) is 20.7. The second-order valence-corrected chi connectivity index (χ2v) is 7.19. The van der Waals surface area contributed by atoms with Crippen molar-refractivity contribution in [2.75, 3.05) is 0 Å². The molecule has 1 atom stereocenters. The molecule has 0 aromatic heterocycles. The Balaban J connectivity index is 3.41. The van der Waals surface area contributed by atoms with E-state index in [0.717, 1.165) is 0 Å². The highest BCUT2D eigenvalue weighted by Crippen LogP contribution is 2.37. The molecular formula is C9H4F9NO3S2. The lowest BCUT2D eigenvalue weighted by Gasteiger charge is -2.14. The summed E-state index contributed by atoms with van der Waals surface area (Å²) in [5.41, 5.74) is -9.89. The SMILES string of the molecule is O=S(NS(=O)(=O)C(F)(F)F)c1cc(C(F)(F)F)cc(C(F)(F)F)c1. The van der Waals surface area contributed by atoms with Crippen LogP contribution in [-0.2, 0) is 33.4 Å². The summed E-state index contributed by atoms with van der Waals surface area (Å²) in [6.45, 7) is 0. The maximum atomic E-state index is 12.5. The van der Waals surface area contributed by atoms with Crippen molar-refractivity contribution < 1.29 is 52.1 Å². The standard InChI is InChI=1S/C9H4F9NO3S2/c10-7(11,12)4-1-5(8(13,14)15)3-6(2-4)23(20)19-24(21,22)9(16,17)18/h1-3,19H. The molecule has 0 saturated heterocycles. The van der Waals surface area contributed by atoms with Gasteiger partial charge in [-0.2, -0.15) is 39.5 Å². The average molecular weight is 409 g/mol. The molecule has 0 heterocycles. The molecule has 15 heteroatoms. The van der Waals surface area contributed by atoms with Gasteiger partial charge in [-0.1, -0.05) is 0 Å². The number of alkyl halides is 9. The summed E-state index contributed by atoms with van der Waals surface area (Å²) in [5.74, 6) is 0. The van der Waals surface area contributed by atoms with E-state index in [9.17, 15) is 52.1 Å². The fourth-order valence-corrected chi connectivity index (χ4v) is 3.26. The van der Waals surface area contributed by atoms with Crippen molar-refractivity contribution in [1.82, 2.24) is 4.13 Å². The van der Waals surface area contributed by atoms with Crippen LogP contribution in [0.4, 0.5) is 39.5 Å². The molecule has 1 aromatic carbocycles. The molecule has 138 valence electrons. The predicted molar refractivity (Wildman–Crippen MR) is 61.0 cm³/mol. The molecule has 1 rings (SSSR count). The molecule has 0 fully saturated rings. The van der Waals surface area contributed by atoms with Gasteiger partial charge in [-0.25, -0.2) is 12.6 Å². The van der Waals surface area contributed by atoms with E-state index < -0.39 is 54.9 Å². The largest absolute Gasteiger partial charge is 0.512 e. The molecule has 0 aliphatic carbocycles. The Hall–Kier alpha value is -1.35. The molecule has 0 amide bonds. The second kappa shape index (κ2) is 6.18. The highest BCUT2D eigenvalue weighted by Gasteiger charge is 2.47. The third-order valence-electron chi connectivity index (χ3n) is 2.27. The summed E-state index contributed by atoms with van der Waals surface area (Å²) in [5, 5.41) is 0. The molecule has 4 nitrogen and oxygen atoms in total. The number of sulfonamides is 1. The van der Waals surface area contributed by atoms with Gasteiger partial charge in [0.25, 0.3) is 0 Å². The fraction of sp³-hybridized carbons (Fsp3) is 0.333. The van der Waals surface area contributed by atoms with E-state index in [-0.39, 0.29) is 18.2 Å². The number of nitrogens with one attached hydrogen (secondary N) is 1. The van der Waals surface area contributed by atoms with Gasteiger partial charge in [0.1, 0.15) is 11.0 Å². The first-order valence-corrected chi connectivity index (χ1v) is 7.88. The normalized spacial score (nSPS) is 15.4. The predicted octanol–water partition coefficient (Wildman–Crippen LogP) is 3.19. The van der Waals surface area contributed by atoms with E-state index in [4.69, 9.17) is 0 Å². The van der Waals surface area contributed by atoms with Crippen molar-refractivity contribution in [3.63, 3.8) is 0 Å². The molecule has 24 heavy (non-hydrogen) atoms. The number of halogens is 9. The van der Waals surface area contributed by atoms with Crippen LogP contribution < -0.4 is 4.13 Å². The fourth-order valence-electron chi connectivity index (χ4n) is 1.23. The lowest BCUT2D eigenvalue weighted by molar-refractivity contribution is -0.143. The maximum Gasteiger partial charge on any atom is 0.512 e. The van der Waals surface area contributed by atoms with Crippen molar-refractivity contribution in [2.45, 2.75) is 22.8 Å². The summed E-state index contributed by atoms with van der Waals surface area (Å²) in [4.78, 5) is -1.45. The van der Waals surface area contributed by atoms with Gasteiger partial charge in [0, 0.05) is 0 Å². The zero-order valence-electron chi connectivity index (χ0n) is 10.7. The molecule has 1 unspecified atom stereocenters. The van der Waals surface area contributed by atoms with Crippen molar-refractivity contribution in [3.8, 4) is 0 Å². The summed E-state index contributed by atoms with van der Waals surface area (Å²) < 4.78 is 145. The van der Waals surface area contributed by atoms with E-state index in [1.165, 1.54) is 0 Å². The molecule has 0 saturated carbocycles. The third kappa shape index (κ3) is 4.83. The Morgan fingerprint density at radius 3 is 1.46 bits per heavy atom. The third-order valence-corrected chi connectivity index (χ3v) is 5.02. The van der Waals surface area contributed by atoms with Crippen LogP contribution in [0.1, 0.15) is 11.1 Å². The molecular weight excluding hydrogens is 405 g/mol. The highest BCUT2D eigenvalue weighted by atomic mass is 32.3. The van der Waals surface area contributed by atoms with Gasteiger partial charge >= 0.3 is 27.9 Å². The van der Waals surface area contributed by atoms with Crippen LogP contribution >= 0.6 is 0 Å². The summed E-state index contributed by atoms with van der Waals surface area (Å²) >= 11 is 0. The van der Waals surface area contributed by atoms with Crippen LogP contribution in [0.2, 0.25) is 0 Å². The topological polar surface area (TPSA) is 63.2 Å². The van der Waals surface area contributed by atoms with Gasteiger partial charge in [0.15, 0.2) is 0 Å². The summed E-state index contributed by atoms with van der Waals surface area (Å²) in [6, 6.07) is -0.687. The maximum absolute atomic E-state index is 12.5. The molecule has 0 spiro atoms. The van der Waals surface area contributed by atoms with E-state index >= 15 is 0 Å². The Kier molecular flexibility index (Phi) is 5.33. The van der Waals surface area contributed by atoms with Gasteiger partial charge in [0.05, 0.1) is 16.0 Å². The smallest absolute Gasteiger partial charge is 0.237 e. The minimum atomic E-state index is -6.25. The van der Waals surface area contributed by atoms with Gasteiger partial charge in [-0.3, -0.25) is 0 Å². The Labute approximate surface area is 130 Å². The van der Waals surface area contributed by atoms with E-state index in [2.05, 4.69) is 0 Å². The van der Waals surface area contributed by atoms with E-state index in [0.29, 0.717) is 4.13 Å². The Bertz CT molecular complexity index is 717. The van der Waals surface area contributed by atoms with Crippen LogP contribution in [0.15, 0.2) is 23.1 Å². The van der Waals surface area contributed by atoms with Crippen LogP contribution in [-0.4, -0.2) is 18.1 Å². The molecule has 0 bridgehead atoms. The number of rotatable bonds is 3. The number of hydrogen-bond donors (Lipinski definition) is 1. The van der Waals surface area contributed by atoms with Crippen molar-refractivity contribution in [2.24, 2.45) is 0 Å². The van der Waals surface area contributed by atoms with Gasteiger partial charge in [-0.05, 0) is 18.2 Å². The molecule has 1 N–H and O–H groups in total. The first-order valence-electron chi connectivity index (χ1n) is 5.25. The van der Waals surface area contributed by atoms with Gasteiger partial charge in [0.2, 0.25) is 0 Å². The van der Waals surface area contributed by atoms with E-state index in [1.54, 1.807) is 0 Å². The zero-order valence-corrected chi connectivity index (χ0v) is 12.3. The monoisotopic (exact) mass is 409 g/mol. The van der Waals surface area contributed by atoms with Gasteiger partial charge in [-0.15, -0.1) is 4.13 Å². The minimum Gasteiger partial charge on any atom is -0.237 e. The lowest BCUT2D eigenvalue weighted by Crippen LogP contribution is -2.37. The summed E-state index contributed by atoms with van der Waals surface area (Å²) in [7, 11) is -9.80. The second-order valence-electron chi connectivity index (χ2n) is 4.04. The molecule has 0 radical (unpaired) electrons. The number of benzene rings is 1. The number of hydrogen-bond acceptors (Lipinski definition) is 3. The van der Waals surface area contributed by atoms with Gasteiger partial charge < -0.3 is 0 Å². The quantitative estimate of drug-likeness (QED) is 0.781. The summed E-state index contributed by atoms with van der Waals surface area (Å²) in [6.07, 6.45) is -10.7. The van der Waals surface area contributed by atoms with Crippen LogP contribution in [0.3, 0.4) is 0 Å². The Morgan fingerprint density at radius 1 is 0.792 bits per heavy atom. The van der Waals surface area contributed by atoms with Crippen molar-refractivity contribution >= 4 is 21.0 Å². The van der Waals surface area contributed by atoms with Crippen LogP contribution in [0, 0.1) is 0 Å². The lowest BCUT2D eigenvalue weighted by atomic mass is 10.1. The van der Waals surface area contributed by atoms with Crippen molar-refractivity contribution in [1.29, 1.82) is 0 Å². The highest BCUT2D eigenvalue weighted by molar-refractivity contribution is 8.02. The van der Waals surface area contributed by atoms with Crippen LogP contribution in [0.25, 0.3) is 0 Å². The molecule has 0 aliphatic rings. The van der Waals surface area contributed by atoms with Crippen LogP contribution in [0.5, 0.6) is 0 Å². The average Bonchev–Trinajstić information content (AvgIpc) is 2.34. The van der Waals surface area contributed by atoms with E-state index in [1.807, 2.05) is 0 Å². The molecule has 1 aromatic rings. The zero-order chi connectivity index (χ0) is 19.1. The van der Waals surface area contributed by atoms with Crippen molar-refractivity contribution in [3.05, 3.63) is 29.3 Å². The molecule has 0 aliphatic heterocycles. The minimum absolute atomic E-state index is 0.162. The first-order chi connectivity index (χ1) is 10.4.